The number of hydrogen-bond donors (Lipinski definition) is 1. The molecule has 1 unspecified atom stereocenters. The molecule has 1 aromatic carbocycles. The molecule has 140 valence electrons. The zero-order chi connectivity index (χ0) is 16.9. The number of hydrogen-bond acceptors (Lipinski definition) is 2. The molecule has 0 radical (unpaired) electrons. The topological polar surface area (TPSA) is 32.3 Å². The molecule has 4 heteroatoms. The summed E-state index contributed by atoms with van der Waals surface area (Å²) in [5.41, 5.74) is 4.06. The predicted molar refractivity (Wildman–Crippen MR) is 106 cm³/mol. The summed E-state index contributed by atoms with van der Waals surface area (Å²) in [6, 6.07) is 6.83. The van der Waals surface area contributed by atoms with Crippen LogP contribution >= 0.6 is 12.4 Å². The van der Waals surface area contributed by atoms with Crippen molar-refractivity contribution in [2.24, 2.45) is 5.92 Å². The van der Waals surface area contributed by atoms with Crippen molar-refractivity contribution in [3.8, 4) is 0 Å². The van der Waals surface area contributed by atoms with Crippen molar-refractivity contribution in [3.63, 3.8) is 0 Å². The van der Waals surface area contributed by atoms with Crippen molar-refractivity contribution in [2.75, 3.05) is 19.6 Å². The van der Waals surface area contributed by atoms with Gasteiger partial charge in [-0.1, -0.05) is 18.2 Å². The number of halogens is 1. The summed E-state index contributed by atoms with van der Waals surface area (Å²) < 4.78 is 0. The molecule has 2 heterocycles. The Morgan fingerprint density at radius 1 is 1.16 bits per heavy atom. The van der Waals surface area contributed by atoms with Gasteiger partial charge in [-0.15, -0.1) is 12.4 Å². The molecular formula is C21H33ClN2O. The lowest BCUT2D eigenvalue weighted by Crippen LogP contribution is -2.39. The molecule has 3 nitrogen and oxygen atoms in total. The van der Waals surface area contributed by atoms with Crippen LogP contribution in [0.3, 0.4) is 0 Å². The molecule has 0 spiro atoms. The molecule has 0 aliphatic carbocycles. The molecule has 1 aromatic rings. The first-order valence-corrected chi connectivity index (χ1v) is 9.73. The second-order valence-corrected chi connectivity index (χ2v) is 7.62. The second-order valence-electron chi connectivity index (χ2n) is 7.62. The minimum atomic E-state index is 0. The number of aryl methyl sites for hydroxylation is 1. The third kappa shape index (κ3) is 4.98. The highest BCUT2D eigenvalue weighted by molar-refractivity contribution is 5.85. The van der Waals surface area contributed by atoms with E-state index in [1.54, 1.807) is 0 Å². The maximum absolute atomic E-state index is 12.9. The monoisotopic (exact) mass is 364 g/mol. The van der Waals surface area contributed by atoms with Crippen LogP contribution in [-0.2, 0) is 4.79 Å². The number of likely N-dealkylation sites (tertiary alicyclic amines) is 1. The highest BCUT2D eigenvalue weighted by Gasteiger charge is 2.29. The summed E-state index contributed by atoms with van der Waals surface area (Å²) in [7, 11) is 0. The zero-order valence-electron chi connectivity index (χ0n) is 15.7. The standard InChI is InChI=1S/C21H32N2O.ClH/c1-16-6-5-7-19(17(16)2)20-8-3-4-15-23(20)21(24)10-9-18-11-13-22-14-12-18;/h5-7,18,20,22H,3-4,8-15H2,1-2H3;1H. The van der Waals surface area contributed by atoms with Gasteiger partial charge in [0, 0.05) is 13.0 Å². The number of carbonyl (C=O) groups is 1. The van der Waals surface area contributed by atoms with Gasteiger partial charge in [0.05, 0.1) is 6.04 Å². The molecule has 1 atom stereocenters. The Morgan fingerprint density at radius 2 is 1.92 bits per heavy atom. The van der Waals surface area contributed by atoms with Crippen molar-refractivity contribution in [2.45, 2.75) is 64.8 Å². The minimum Gasteiger partial charge on any atom is -0.336 e. The molecule has 1 N–H and O–H groups in total. The smallest absolute Gasteiger partial charge is 0.223 e. The van der Waals surface area contributed by atoms with Gasteiger partial charge in [-0.05, 0) is 88.1 Å². The lowest BCUT2D eigenvalue weighted by Gasteiger charge is -2.37. The molecule has 2 aliphatic rings. The molecule has 0 bridgehead atoms. The number of carbonyl (C=O) groups excluding carboxylic acids is 1. The Bertz CT molecular complexity index is 569. The average Bonchev–Trinajstić information content (AvgIpc) is 2.63. The third-order valence-electron chi connectivity index (χ3n) is 6.05. The Kier molecular flexibility index (Phi) is 7.77. The summed E-state index contributed by atoms with van der Waals surface area (Å²) >= 11 is 0. The molecule has 3 rings (SSSR count). The number of rotatable bonds is 4. The molecule has 2 fully saturated rings. The first-order chi connectivity index (χ1) is 11.7. The Morgan fingerprint density at radius 3 is 2.68 bits per heavy atom. The van der Waals surface area contributed by atoms with Crippen molar-refractivity contribution < 1.29 is 4.79 Å². The first-order valence-electron chi connectivity index (χ1n) is 9.73. The van der Waals surface area contributed by atoms with Crippen LogP contribution in [0.4, 0.5) is 0 Å². The van der Waals surface area contributed by atoms with Crippen molar-refractivity contribution in [3.05, 3.63) is 34.9 Å². The number of piperidine rings is 2. The number of nitrogens with zero attached hydrogens (tertiary/aromatic N) is 1. The van der Waals surface area contributed by atoms with Crippen LogP contribution in [0, 0.1) is 19.8 Å². The molecule has 0 aromatic heterocycles. The van der Waals surface area contributed by atoms with Crippen LogP contribution in [0.15, 0.2) is 18.2 Å². The highest BCUT2D eigenvalue weighted by Crippen LogP contribution is 2.34. The van der Waals surface area contributed by atoms with E-state index < -0.39 is 0 Å². The summed E-state index contributed by atoms with van der Waals surface area (Å²) in [5.74, 6) is 1.11. The maximum atomic E-state index is 12.9. The largest absolute Gasteiger partial charge is 0.336 e. The SMILES string of the molecule is Cc1cccc(C2CCCCN2C(=O)CCC2CCNCC2)c1C.Cl. The normalized spacial score (nSPS) is 21.7. The van der Waals surface area contributed by atoms with Crippen molar-refractivity contribution in [1.82, 2.24) is 10.2 Å². The summed E-state index contributed by atoms with van der Waals surface area (Å²) in [5, 5.41) is 3.41. The van der Waals surface area contributed by atoms with Gasteiger partial charge < -0.3 is 10.2 Å². The fraction of sp³-hybridized carbons (Fsp3) is 0.667. The molecule has 25 heavy (non-hydrogen) atoms. The number of nitrogens with one attached hydrogen (secondary N) is 1. The average molecular weight is 365 g/mol. The van der Waals surface area contributed by atoms with E-state index in [0.717, 1.165) is 51.2 Å². The number of amides is 1. The minimum absolute atomic E-state index is 0. The van der Waals surface area contributed by atoms with Crippen LogP contribution in [-0.4, -0.2) is 30.4 Å². The lowest BCUT2D eigenvalue weighted by atomic mass is 9.89. The quantitative estimate of drug-likeness (QED) is 0.849. The van der Waals surface area contributed by atoms with Gasteiger partial charge in [-0.2, -0.15) is 0 Å². The molecule has 1 amide bonds. The van der Waals surface area contributed by atoms with Crippen molar-refractivity contribution >= 4 is 18.3 Å². The van der Waals surface area contributed by atoms with Crippen LogP contribution in [0.2, 0.25) is 0 Å². The predicted octanol–water partition coefficient (Wildman–Crippen LogP) is 4.56. The van der Waals surface area contributed by atoms with Gasteiger partial charge in [0.25, 0.3) is 0 Å². The van der Waals surface area contributed by atoms with Gasteiger partial charge in [0.15, 0.2) is 0 Å². The van der Waals surface area contributed by atoms with Gasteiger partial charge in [0.1, 0.15) is 0 Å². The van der Waals surface area contributed by atoms with E-state index in [9.17, 15) is 4.79 Å². The van der Waals surface area contributed by atoms with Crippen LogP contribution in [0.25, 0.3) is 0 Å². The summed E-state index contributed by atoms with van der Waals surface area (Å²) in [6.07, 6.45) is 7.75. The molecule has 0 saturated carbocycles. The Labute approximate surface area is 159 Å². The Hall–Kier alpha value is -1.06. The van der Waals surface area contributed by atoms with Gasteiger partial charge >= 0.3 is 0 Å². The van der Waals surface area contributed by atoms with E-state index in [0.29, 0.717) is 11.9 Å². The van der Waals surface area contributed by atoms with E-state index in [-0.39, 0.29) is 12.4 Å². The summed E-state index contributed by atoms with van der Waals surface area (Å²) in [6.45, 7) is 7.55. The first kappa shape index (κ1) is 20.3. The van der Waals surface area contributed by atoms with Crippen molar-refractivity contribution in [1.29, 1.82) is 0 Å². The maximum Gasteiger partial charge on any atom is 0.223 e. The zero-order valence-corrected chi connectivity index (χ0v) is 16.5. The fourth-order valence-corrected chi connectivity index (χ4v) is 4.33. The van der Waals surface area contributed by atoms with Gasteiger partial charge in [-0.25, -0.2) is 0 Å². The second kappa shape index (κ2) is 9.59. The van der Waals surface area contributed by atoms with Crippen LogP contribution in [0.1, 0.15) is 67.7 Å². The number of benzene rings is 1. The summed E-state index contributed by atoms with van der Waals surface area (Å²) in [4.78, 5) is 15.1. The Balaban J connectivity index is 0.00000225. The molecule has 2 aliphatic heterocycles. The fourth-order valence-electron chi connectivity index (χ4n) is 4.33. The lowest BCUT2D eigenvalue weighted by molar-refractivity contribution is -0.135. The van der Waals surface area contributed by atoms with E-state index in [2.05, 4.69) is 42.3 Å². The van der Waals surface area contributed by atoms with E-state index >= 15 is 0 Å². The van der Waals surface area contributed by atoms with Crippen LogP contribution in [0.5, 0.6) is 0 Å². The van der Waals surface area contributed by atoms with E-state index in [1.165, 1.54) is 36.0 Å². The van der Waals surface area contributed by atoms with E-state index in [1.807, 2.05) is 0 Å². The van der Waals surface area contributed by atoms with Crippen LogP contribution < -0.4 is 5.32 Å². The third-order valence-corrected chi connectivity index (χ3v) is 6.05. The van der Waals surface area contributed by atoms with Gasteiger partial charge in [-0.3, -0.25) is 4.79 Å². The molecular weight excluding hydrogens is 332 g/mol. The highest BCUT2D eigenvalue weighted by atomic mass is 35.5. The molecule has 2 saturated heterocycles. The van der Waals surface area contributed by atoms with E-state index in [4.69, 9.17) is 0 Å². The van der Waals surface area contributed by atoms with Gasteiger partial charge in [0.2, 0.25) is 5.91 Å².